The molecule has 5 heterocycles. The first kappa shape index (κ1) is 65.1. The van der Waals surface area contributed by atoms with Crippen LogP contribution in [-0.4, -0.2) is 155 Å². The maximum absolute atomic E-state index is 15.5. The van der Waals surface area contributed by atoms with Gasteiger partial charge in [-0.3, -0.25) is 38.4 Å². The molecule has 10 N–H and O–H groups in total. The highest BCUT2D eigenvalue weighted by molar-refractivity contribution is 6.01. The van der Waals surface area contributed by atoms with Crippen molar-refractivity contribution in [2.75, 3.05) is 26.5 Å². The van der Waals surface area contributed by atoms with E-state index < -0.39 is 133 Å². The van der Waals surface area contributed by atoms with Gasteiger partial charge >= 0.3 is 5.97 Å². The number of hydroxylamine groups is 2. The molecule has 454 valence electrons. The molecular weight excluding hydrogens is 1090 g/mol. The van der Waals surface area contributed by atoms with Crippen LogP contribution in [0.4, 0.5) is 4.39 Å². The zero-order valence-corrected chi connectivity index (χ0v) is 47.3. The molecule has 0 saturated carbocycles. The number of fused-ring (bicyclic) bond motifs is 5. The zero-order valence-electron chi connectivity index (χ0n) is 47.3. The number of aliphatic hydroxyl groups excluding tert-OH is 5. The molecule has 0 spiro atoms. The van der Waals surface area contributed by atoms with E-state index >= 15 is 4.39 Å². The Morgan fingerprint density at radius 1 is 0.880 bits per heavy atom. The molecule has 1 saturated heterocycles. The van der Waals surface area contributed by atoms with Crippen molar-refractivity contribution in [2.24, 2.45) is 11.8 Å². The standard InChI is InChI=1S/C57H76FN7O18/c1-7-57(80)32(6)82-27-38-39(57)22-42-50-34(25-64(42)56(38)79)21-37-36(30(4)40(58)23-41(37)62-50)13-10-11-19-81-28-60-53(76)31(5)61-55(78)49(29(2)3)63-54(77)33(15-16-45(70)59-24-43(68)51(74)52(75)44(69)26-66)20-35(67)12-8-9-14-48(73)83-65-46(71)17-18-47(65)72/h21-23,29,31,33,43-44,49,51-52,66,68-69,74-75,80H,6-20,24-28H2,1-5H3,(H,59,70)(H,60,76)(H,61,78)(H,63,77)/t31-,33+,43-,44+,49-,51+,52+,57+/m0/s1. The number of hydrogen-bond donors (Lipinski definition) is 10. The molecule has 3 aliphatic heterocycles. The Hall–Kier alpha value is -7.07. The molecule has 6 amide bonds. The van der Waals surface area contributed by atoms with Crippen molar-refractivity contribution in [2.45, 2.75) is 173 Å². The first-order chi connectivity index (χ1) is 39.3. The summed E-state index contributed by atoms with van der Waals surface area (Å²) in [6.45, 7) is 10.7. The summed E-state index contributed by atoms with van der Waals surface area (Å²) in [7, 11) is 0. The Bertz CT molecular complexity index is 3010. The summed E-state index contributed by atoms with van der Waals surface area (Å²) < 4.78 is 28.4. The SMILES string of the molecule is C=C1OCc2c(cc3n(c2=O)Cc2cc4c(CCCCOCNC(=O)[C@H](C)NC(=O)[C@@H](NC(=O)[C@H](CCC(=O)NC[C@H](O)[C@@H](O)[C@H](O)[C@H](O)CO)CC(=O)CCCCC(=O)ON5C(=O)CCC5=O)C(C)C)c(C)c(F)cc4nc2-3)[C@@]1(O)CC. The number of benzene rings is 1. The van der Waals surface area contributed by atoms with Crippen LogP contribution >= 0.6 is 0 Å². The summed E-state index contributed by atoms with van der Waals surface area (Å²) in [6, 6.07) is 2.70. The number of pyridine rings is 2. The number of nitrogens with one attached hydrogen (secondary N) is 4. The molecular formula is C57H76FN7O18. The van der Waals surface area contributed by atoms with Crippen molar-refractivity contribution in [3.8, 4) is 11.4 Å². The van der Waals surface area contributed by atoms with Crippen LogP contribution in [0.3, 0.4) is 0 Å². The number of imide groups is 1. The number of unbranched alkanes of at least 4 members (excludes halogenated alkanes) is 2. The van der Waals surface area contributed by atoms with E-state index in [-0.39, 0.29) is 89.2 Å². The van der Waals surface area contributed by atoms with Crippen LogP contribution in [0.25, 0.3) is 22.3 Å². The number of ketones is 1. The third-order valence-electron chi connectivity index (χ3n) is 15.3. The average molecular weight is 1170 g/mol. The molecule has 83 heavy (non-hydrogen) atoms. The van der Waals surface area contributed by atoms with Gasteiger partial charge in [-0.05, 0) is 88.0 Å². The molecule has 3 aliphatic rings. The minimum absolute atomic E-state index is 0.0215. The van der Waals surface area contributed by atoms with Gasteiger partial charge in [0.1, 0.15) is 66.7 Å². The number of aryl methyl sites for hydroxylation is 1. The van der Waals surface area contributed by atoms with Gasteiger partial charge in [0.05, 0.1) is 41.7 Å². The van der Waals surface area contributed by atoms with Crippen molar-refractivity contribution in [3.05, 3.63) is 74.5 Å². The fraction of sp³-hybridized carbons (Fsp3) is 0.579. The van der Waals surface area contributed by atoms with Crippen LogP contribution in [0.1, 0.15) is 133 Å². The summed E-state index contributed by atoms with van der Waals surface area (Å²) in [6.07, 6.45) is -7.00. The lowest BCUT2D eigenvalue weighted by molar-refractivity contribution is -0.197. The van der Waals surface area contributed by atoms with E-state index in [1.807, 2.05) is 6.07 Å². The van der Waals surface area contributed by atoms with Crippen LogP contribution in [0.15, 0.2) is 35.3 Å². The van der Waals surface area contributed by atoms with Crippen LogP contribution in [-0.2, 0) is 77.8 Å². The quantitative estimate of drug-likeness (QED) is 0.0188. The number of aromatic nitrogens is 2. The second kappa shape index (κ2) is 29.0. The van der Waals surface area contributed by atoms with E-state index in [0.29, 0.717) is 57.9 Å². The number of halogens is 1. The summed E-state index contributed by atoms with van der Waals surface area (Å²) in [5.74, 6) is -7.53. The Balaban J connectivity index is 0.984. The highest BCUT2D eigenvalue weighted by atomic mass is 19.1. The number of carbonyl (C=O) groups is 8. The molecule has 6 rings (SSSR count). The van der Waals surface area contributed by atoms with Gasteiger partial charge in [0.2, 0.25) is 23.6 Å². The molecule has 0 unspecified atom stereocenters. The number of hydrogen-bond acceptors (Lipinski definition) is 19. The second-order valence-electron chi connectivity index (χ2n) is 21.6. The molecule has 3 aromatic rings. The Labute approximate surface area is 477 Å². The minimum atomic E-state index is -1.96. The highest BCUT2D eigenvalue weighted by Crippen LogP contribution is 2.42. The van der Waals surface area contributed by atoms with E-state index in [4.69, 9.17) is 24.4 Å². The number of aliphatic hydroxyl groups is 6. The predicted molar refractivity (Wildman–Crippen MR) is 292 cm³/mol. The van der Waals surface area contributed by atoms with Crippen LogP contribution in [0.5, 0.6) is 0 Å². The fourth-order valence-electron chi connectivity index (χ4n) is 10.1. The second-order valence-corrected chi connectivity index (χ2v) is 21.6. The summed E-state index contributed by atoms with van der Waals surface area (Å²) in [4.78, 5) is 126. The molecule has 1 fully saturated rings. The van der Waals surface area contributed by atoms with E-state index in [1.165, 1.54) is 13.0 Å². The third-order valence-corrected chi connectivity index (χ3v) is 15.3. The lowest BCUT2D eigenvalue weighted by Gasteiger charge is -2.35. The van der Waals surface area contributed by atoms with Gasteiger partial charge < -0.3 is 70.8 Å². The number of nitrogens with zero attached hydrogens (tertiary/aromatic N) is 3. The Kier molecular flexibility index (Phi) is 22.7. The normalized spacial score (nSPS) is 18.0. The summed E-state index contributed by atoms with van der Waals surface area (Å²) >= 11 is 0. The van der Waals surface area contributed by atoms with Crippen LogP contribution < -0.4 is 26.8 Å². The van der Waals surface area contributed by atoms with Crippen molar-refractivity contribution < 1.29 is 87.7 Å². The third kappa shape index (κ3) is 15.8. The van der Waals surface area contributed by atoms with E-state index in [1.54, 1.807) is 38.3 Å². The highest BCUT2D eigenvalue weighted by Gasteiger charge is 2.42. The van der Waals surface area contributed by atoms with Gasteiger partial charge in [0, 0.05) is 80.2 Å². The average Bonchev–Trinajstić information content (AvgIpc) is 2.36. The predicted octanol–water partition coefficient (Wildman–Crippen LogP) is 0.648. The van der Waals surface area contributed by atoms with Gasteiger partial charge in [0.25, 0.3) is 17.4 Å². The number of ether oxygens (including phenoxy) is 2. The number of Topliss-reactive ketones (excluding diaryl/α,β-unsaturated/α-hetero) is 1. The van der Waals surface area contributed by atoms with Crippen molar-refractivity contribution >= 4 is 58.1 Å². The molecule has 0 radical (unpaired) electrons. The van der Waals surface area contributed by atoms with E-state index in [2.05, 4.69) is 27.8 Å². The van der Waals surface area contributed by atoms with Gasteiger partial charge in [-0.25, -0.2) is 14.2 Å². The monoisotopic (exact) mass is 1170 g/mol. The molecule has 0 aliphatic carbocycles. The van der Waals surface area contributed by atoms with Gasteiger partial charge in [0.15, 0.2) is 0 Å². The largest absolute Gasteiger partial charge is 0.490 e. The van der Waals surface area contributed by atoms with Crippen molar-refractivity contribution in [1.29, 1.82) is 0 Å². The molecule has 1 aromatic carbocycles. The molecule has 2 aromatic heterocycles. The van der Waals surface area contributed by atoms with E-state index in [0.717, 1.165) is 16.5 Å². The maximum atomic E-state index is 15.5. The van der Waals surface area contributed by atoms with Gasteiger partial charge in [-0.15, -0.1) is 5.06 Å². The first-order valence-corrected chi connectivity index (χ1v) is 27.9. The van der Waals surface area contributed by atoms with Crippen LogP contribution in [0, 0.1) is 24.6 Å². The molecule has 0 bridgehead atoms. The van der Waals surface area contributed by atoms with Crippen molar-refractivity contribution in [3.63, 3.8) is 0 Å². The van der Waals surface area contributed by atoms with Crippen molar-refractivity contribution in [1.82, 2.24) is 35.9 Å². The topological polar surface area (TPSA) is 372 Å². The summed E-state index contributed by atoms with van der Waals surface area (Å²) in [5, 5.41) is 71.7. The van der Waals surface area contributed by atoms with Gasteiger partial charge in [-0.1, -0.05) is 27.4 Å². The molecule has 26 heteroatoms. The fourth-order valence-corrected chi connectivity index (χ4v) is 10.1. The Morgan fingerprint density at radius 3 is 2.24 bits per heavy atom. The van der Waals surface area contributed by atoms with E-state index in [9.17, 15) is 68.7 Å². The first-order valence-electron chi connectivity index (χ1n) is 27.9. The smallest absolute Gasteiger partial charge is 0.333 e. The minimum Gasteiger partial charge on any atom is -0.490 e. The zero-order chi connectivity index (χ0) is 61.0. The Morgan fingerprint density at radius 2 is 1.57 bits per heavy atom. The maximum Gasteiger partial charge on any atom is 0.333 e. The van der Waals surface area contributed by atoms with Crippen LogP contribution in [0.2, 0.25) is 0 Å². The lowest BCUT2D eigenvalue weighted by atomic mass is 9.84. The lowest BCUT2D eigenvalue weighted by Crippen LogP contribution is -2.55. The number of carbonyl (C=O) groups excluding carboxylic acids is 8. The molecule has 8 atom stereocenters. The number of rotatable bonds is 31. The van der Waals surface area contributed by atoms with Gasteiger partial charge in [-0.2, -0.15) is 0 Å². The molecule has 25 nitrogen and oxygen atoms in total. The summed E-state index contributed by atoms with van der Waals surface area (Å²) in [5.41, 5.74) is 2.34. The number of amides is 6.